The summed E-state index contributed by atoms with van der Waals surface area (Å²) >= 11 is 0. The van der Waals surface area contributed by atoms with Gasteiger partial charge in [0.2, 0.25) is 0 Å². The summed E-state index contributed by atoms with van der Waals surface area (Å²) < 4.78 is 44.2. The molecule has 1 aliphatic carbocycles. The summed E-state index contributed by atoms with van der Waals surface area (Å²) in [5, 5.41) is 5.90. The minimum atomic E-state index is -4.47. The van der Waals surface area contributed by atoms with Crippen molar-refractivity contribution in [3.05, 3.63) is 40.1 Å². The Bertz CT molecular complexity index is 853. The van der Waals surface area contributed by atoms with Crippen LogP contribution in [0.3, 0.4) is 0 Å². The number of nitrogens with one attached hydrogen (secondary N) is 1. The zero-order valence-corrected chi connectivity index (χ0v) is 15.2. The number of hydrogen-bond donors (Lipinski definition) is 1. The van der Waals surface area contributed by atoms with Crippen LogP contribution in [0.1, 0.15) is 70.4 Å². The Morgan fingerprint density at radius 3 is 2.81 bits per heavy atom. The van der Waals surface area contributed by atoms with Gasteiger partial charge >= 0.3 is 6.18 Å². The number of likely N-dealkylation sites (tertiary alicyclic amines) is 1. The molecule has 1 fully saturated rings. The highest BCUT2D eigenvalue weighted by Gasteiger charge is 2.36. The van der Waals surface area contributed by atoms with E-state index in [0.29, 0.717) is 30.1 Å². The van der Waals surface area contributed by atoms with Gasteiger partial charge in [0.25, 0.3) is 5.91 Å². The minimum absolute atomic E-state index is 0.0698. The van der Waals surface area contributed by atoms with Crippen molar-refractivity contribution in [3.8, 4) is 0 Å². The second-order valence-corrected chi connectivity index (χ2v) is 7.44. The molecule has 2 aromatic heterocycles. The summed E-state index contributed by atoms with van der Waals surface area (Å²) in [6.07, 6.45) is 0.832. The van der Waals surface area contributed by atoms with Crippen LogP contribution in [-0.2, 0) is 19.0 Å². The minimum Gasteiger partial charge on any atom is -0.465 e. The quantitative estimate of drug-likeness (QED) is 0.847. The van der Waals surface area contributed by atoms with Gasteiger partial charge in [0.15, 0.2) is 5.69 Å². The smallest absolute Gasteiger partial charge is 0.435 e. The van der Waals surface area contributed by atoms with Gasteiger partial charge in [-0.05, 0) is 45.1 Å². The normalized spacial score (nSPS) is 20.6. The average Bonchev–Trinajstić information content (AvgIpc) is 3.25. The molecule has 1 saturated heterocycles. The first-order chi connectivity index (χ1) is 12.8. The van der Waals surface area contributed by atoms with Crippen molar-refractivity contribution in [2.75, 3.05) is 13.1 Å². The van der Waals surface area contributed by atoms with E-state index in [4.69, 9.17) is 4.42 Å². The molecule has 2 aliphatic rings. The fraction of sp³-hybridized carbons (Fsp3) is 0.579. The second-order valence-electron chi connectivity index (χ2n) is 7.44. The van der Waals surface area contributed by atoms with Crippen molar-refractivity contribution < 1.29 is 22.4 Å². The predicted octanol–water partition coefficient (Wildman–Crippen LogP) is 4.23. The number of carbonyl (C=O) groups is 1. The average molecular weight is 381 g/mol. The third-order valence-electron chi connectivity index (χ3n) is 5.60. The van der Waals surface area contributed by atoms with Crippen molar-refractivity contribution >= 4 is 5.91 Å². The van der Waals surface area contributed by atoms with Gasteiger partial charge in [0.1, 0.15) is 11.5 Å². The predicted molar refractivity (Wildman–Crippen MR) is 91.6 cm³/mol. The number of aromatic nitrogens is 2. The van der Waals surface area contributed by atoms with Crippen LogP contribution in [0, 0.1) is 6.92 Å². The first-order valence-corrected chi connectivity index (χ1v) is 9.37. The largest absolute Gasteiger partial charge is 0.465 e. The number of rotatable bonds is 2. The molecule has 146 valence electrons. The summed E-state index contributed by atoms with van der Waals surface area (Å²) in [7, 11) is 0. The number of aryl methyl sites for hydroxylation is 2. The van der Waals surface area contributed by atoms with Crippen molar-refractivity contribution in [1.82, 2.24) is 15.1 Å². The Morgan fingerprint density at radius 2 is 2.07 bits per heavy atom. The topological polar surface area (TPSA) is 62.1 Å². The first kappa shape index (κ1) is 18.1. The molecule has 1 atom stereocenters. The maximum Gasteiger partial charge on any atom is 0.435 e. The van der Waals surface area contributed by atoms with E-state index in [2.05, 4.69) is 10.2 Å². The van der Waals surface area contributed by atoms with Crippen molar-refractivity contribution in [2.45, 2.75) is 57.5 Å². The Labute approximate surface area is 154 Å². The highest BCUT2D eigenvalue weighted by molar-refractivity contribution is 5.97. The Balaban J connectivity index is 1.54. The summed E-state index contributed by atoms with van der Waals surface area (Å²) in [6.45, 7) is 2.81. The van der Waals surface area contributed by atoms with Crippen LogP contribution in [0.25, 0.3) is 0 Å². The number of fused-ring (bicyclic) bond motifs is 1. The number of aromatic amines is 1. The number of nitrogens with zero attached hydrogens (tertiary/aromatic N) is 2. The molecule has 0 bridgehead atoms. The lowest BCUT2D eigenvalue weighted by Crippen LogP contribution is -2.39. The lowest BCUT2D eigenvalue weighted by atomic mass is 9.91. The molecule has 1 N–H and O–H groups in total. The summed E-state index contributed by atoms with van der Waals surface area (Å²) in [5.41, 5.74) is 1.20. The molecular weight excluding hydrogens is 359 g/mol. The van der Waals surface area contributed by atoms with E-state index in [1.54, 1.807) is 4.90 Å². The number of furan rings is 1. The van der Waals surface area contributed by atoms with E-state index in [0.717, 1.165) is 55.9 Å². The van der Waals surface area contributed by atoms with Gasteiger partial charge in [-0.3, -0.25) is 9.89 Å². The van der Waals surface area contributed by atoms with Crippen molar-refractivity contribution in [3.63, 3.8) is 0 Å². The van der Waals surface area contributed by atoms with E-state index < -0.39 is 11.9 Å². The molecule has 0 radical (unpaired) electrons. The molecule has 4 rings (SSSR count). The SMILES string of the molecule is Cc1oc2c(c1C(=O)N1CCC[C@@H](c3cc(C(F)(F)F)n[nH]3)C1)CCCC2. The van der Waals surface area contributed by atoms with Gasteiger partial charge < -0.3 is 9.32 Å². The third-order valence-corrected chi connectivity index (χ3v) is 5.60. The number of carbonyl (C=O) groups excluding carboxylic acids is 1. The molecule has 1 amide bonds. The van der Waals surface area contributed by atoms with Gasteiger partial charge in [-0.1, -0.05) is 0 Å². The standard InChI is InChI=1S/C19H22F3N3O2/c1-11-17(13-6-2-3-7-15(13)27-11)18(26)25-8-4-5-12(10-25)14-9-16(24-23-14)19(20,21)22/h9,12H,2-8,10H2,1H3,(H,23,24)/t12-/m1/s1. The van der Waals surface area contributed by atoms with Crippen LogP contribution < -0.4 is 0 Å². The Morgan fingerprint density at radius 1 is 1.30 bits per heavy atom. The van der Waals surface area contributed by atoms with Crippen LogP contribution in [0.2, 0.25) is 0 Å². The molecule has 1 aliphatic heterocycles. The first-order valence-electron chi connectivity index (χ1n) is 9.37. The maximum absolute atomic E-state index is 13.2. The van der Waals surface area contributed by atoms with E-state index >= 15 is 0 Å². The van der Waals surface area contributed by atoms with Crippen LogP contribution in [-0.4, -0.2) is 34.1 Å². The zero-order valence-electron chi connectivity index (χ0n) is 15.2. The van der Waals surface area contributed by atoms with Gasteiger partial charge in [-0.2, -0.15) is 18.3 Å². The fourth-order valence-corrected chi connectivity index (χ4v) is 4.25. The van der Waals surface area contributed by atoms with Gasteiger partial charge in [-0.15, -0.1) is 0 Å². The zero-order chi connectivity index (χ0) is 19.2. The van der Waals surface area contributed by atoms with Crippen molar-refractivity contribution in [1.29, 1.82) is 0 Å². The third kappa shape index (κ3) is 3.37. The number of piperidine rings is 1. The van der Waals surface area contributed by atoms with Crippen LogP contribution in [0.4, 0.5) is 13.2 Å². The lowest BCUT2D eigenvalue weighted by molar-refractivity contribution is -0.141. The van der Waals surface area contributed by atoms with E-state index in [1.807, 2.05) is 6.92 Å². The maximum atomic E-state index is 13.2. The van der Waals surface area contributed by atoms with E-state index in [1.165, 1.54) is 0 Å². The molecule has 27 heavy (non-hydrogen) atoms. The monoisotopic (exact) mass is 381 g/mol. The van der Waals surface area contributed by atoms with Gasteiger partial charge in [-0.25, -0.2) is 0 Å². The lowest BCUT2D eigenvalue weighted by Gasteiger charge is -2.32. The summed E-state index contributed by atoms with van der Waals surface area (Å²) in [4.78, 5) is 14.9. The highest BCUT2D eigenvalue weighted by Crippen LogP contribution is 2.34. The van der Waals surface area contributed by atoms with E-state index in [-0.39, 0.29) is 11.8 Å². The van der Waals surface area contributed by atoms with Crippen LogP contribution in [0.5, 0.6) is 0 Å². The molecule has 0 saturated carbocycles. The van der Waals surface area contributed by atoms with Gasteiger partial charge in [0.05, 0.1) is 5.56 Å². The number of amides is 1. The molecule has 0 spiro atoms. The van der Waals surface area contributed by atoms with Crippen LogP contribution in [0.15, 0.2) is 10.5 Å². The Hall–Kier alpha value is -2.25. The summed E-state index contributed by atoms with van der Waals surface area (Å²) in [6, 6.07) is 1.06. The highest BCUT2D eigenvalue weighted by atomic mass is 19.4. The fourth-order valence-electron chi connectivity index (χ4n) is 4.25. The van der Waals surface area contributed by atoms with Crippen molar-refractivity contribution in [2.24, 2.45) is 0 Å². The molecule has 2 aromatic rings. The molecule has 0 aromatic carbocycles. The molecular formula is C19H22F3N3O2. The number of H-pyrrole nitrogens is 1. The van der Waals surface area contributed by atoms with Crippen LogP contribution >= 0.6 is 0 Å². The summed E-state index contributed by atoms with van der Waals surface area (Å²) in [5.74, 6) is 1.32. The number of hydrogen-bond acceptors (Lipinski definition) is 3. The van der Waals surface area contributed by atoms with E-state index in [9.17, 15) is 18.0 Å². The van der Waals surface area contributed by atoms with Gasteiger partial charge in [0, 0.05) is 36.7 Å². The molecule has 0 unspecified atom stereocenters. The second kappa shape index (κ2) is 6.73. The number of halogens is 3. The number of alkyl halides is 3. The Kier molecular flexibility index (Phi) is 4.52. The molecule has 3 heterocycles. The molecule has 5 nitrogen and oxygen atoms in total. The molecule has 8 heteroatoms.